The van der Waals surface area contributed by atoms with Crippen molar-refractivity contribution in [1.29, 1.82) is 0 Å². The number of carbonyl (C=O) groups is 5. The van der Waals surface area contributed by atoms with E-state index in [-0.39, 0.29) is 48.6 Å². The standard InChI is InChI=1S/C30H39N3O10/c1-2-12-39-14-16-41-18-20-43-21-19-42-17-15-40-13-5-3-4-9-25(34)31-23-8-6-7-22-27(23)30(38)33(29(22)37)24-10-11-26(35)32-28(24)36/h1,6-8,24H,3-5,9-21H2,(H,31,34)(H,32,35,36). The first-order chi connectivity index (χ1) is 20.9. The molecule has 1 atom stereocenters. The number of imide groups is 2. The van der Waals surface area contributed by atoms with E-state index in [1.807, 2.05) is 0 Å². The molecule has 13 heteroatoms. The van der Waals surface area contributed by atoms with Gasteiger partial charge in [0.15, 0.2) is 0 Å². The number of ether oxygens (including phenoxy) is 5. The third-order valence-corrected chi connectivity index (χ3v) is 6.61. The maximum absolute atomic E-state index is 13.1. The second-order valence-corrected chi connectivity index (χ2v) is 9.74. The first-order valence-electron chi connectivity index (χ1n) is 14.4. The fourth-order valence-electron chi connectivity index (χ4n) is 4.51. The number of terminal acetylenes is 1. The second kappa shape index (κ2) is 18.8. The van der Waals surface area contributed by atoms with Gasteiger partial charge in [-0.3, -0.25) is 34.2 Å². The maximum Gasteiger partial charge on any atom is 0.264 e. The predicted molar refractivity (Wildman–Crippen MR) is 153 cm³/mol. The van der Waals surface area contributed by atoms with Gasteiger partial charge in [0.2, 0.25) is 17.7 Å². The van der Waals surface area contributed by atoms with Crippen molar-refractivity contribution in [3.05, 3.63) is 29.3 Å². The largest absolute Gasteiger partial charge is 0.379 e. The Morgan fingerprint density at radius 3 is 2.12 bits per heavy atom. The van der Waals surface area contributed by atoms with Gasteiger partial charge in [0.05, 0.1) is 69.7 Å². The fourth-order valence-corrected chi connectivity index (χ4v) is 4.51. The summed E-state index contributed by atoms with van der Waals surface area (Å²) in [6, 6.07) is 3.53. The summed E-state index contributed by atoms with van der Waals surface area (Å²) in [5.41, 5.74) is 0.394. The minimum atomic E-state index is -1.07. The lowest BCUT2D eigenvalue weighted by molar-refractivity contribution is -0.136. The highest BCUT2D eigenvalue weighted by Crippen LogP contribution is 2.32. The number of nitrogens with zero attached hydrogens (tertiary/aromatic N) is 1. The van der Waals surface area contributed by atoms with E-state index in [9.17, 15) is 24.0 Å². The summed E-state index contributed by atoms with van der Waals surface area (Å²) in [6.45, 7) is 4.56. The summed E-state index contributed by atoms with van der Waals surface area (Å²) < 4.78 is 26.8. The number of rotatable bonds is 21. The van der Waals surface area contributed by atoms with Gasteiger partial charge in [0.1, 0.15) is 12.6 Å². The van der Waals surface area contributed by atoms with Crippen molar-refractivity contribution in [2.75, 3.05) is 71.4 Å². The number of benzene rings is 1. The van der Waals surface area contributed by atoms with E-state index in [0.717, 1.165) is 17.7 Å². The summed E-state index contributed by atoms with van der Waals surface area (Å²) in [5, 5.41) is 4.89. The van der Waals surface area contributed by atoms with E-state index in [1.54, 1.807) is 12.1 Å². The Bertz CT molecular complexity index is 1170. The number of anilines is 1. The molecule has 0 radical (unpaired) electrons. The van der Waals surface area contributed by atoms with Crippen molar-refractivity contribution in [2.24, 2.45) is 0 Å². The smallest absolute Gasteiger partial charge is 0.264 e. The Kier molecular flexibility index (Phi) is 14.8. The minimum absolute atomic E-state index is 0.0331. The van der Waals surface area contributed by atoms with Crippen LogP contribution in [0.4, 0.5) is 5.69 Å². The van der Waals surface area contributed by atoms with E-state index in [4.69, 9.17) is 30.1 Å². The van der Waals surface area contributed by atoms with Gasteiger partial charge < -0.3 is 29.0 Å². The summed E-state index contributed by atoms with van der Waals surface area (Å²) in [4.78, 5) is 63.2. The molecular formula is C30H39N3O10. The van der Waals surface area contributed by atoms with E-state index in [0.29, 0.717) is 65.9 Å². The Morgan fingerprint density at radius 1 is 0.860 bits per heavy atom. The second-order valence-electron chi connectivity index (χ2n) is 9.74. The lowest BCUT2D eigenvalue weighted by atomic mass is 10.0. The molecule has 13 nitrogen and oxygen atoms in total. The highest BCUT2D eigenvalue weighted by atomic mass is 16.6. The highest BCUT2D eigenvalue weighted by molar-refractivity contribution is 6.26. The molecular weight excluding hydrogens is 562 g/mol. The molecule has 2 N–H and O–H groups in total. The van der Waals surface area contributed by atoms with Crippen LogP contribution in [-0.2, 0) is 38.1 Å². The summed E-state index contributed by atoms with van der Waals surface area (Å²) >= 11 is 0. The number of amides is 5. The number of nitrogens with one attached hydrogen (secondary N) is 2. The molecule has 1 saturated heterocycles. The van der Waals surface area contributed by atoms with Crippen LogP contribution in [0.1, 0.15) is 59.2 Å². The molecule has 1 fully saturated rings. The van der Waals surface area contributed by atoms with Gasteiger partial charge in [-0.15, -0.1) is 6.42 Å². The van der Waals surface area contributed by atoms with Gasteiger partial charge in [0, 0.05) is 19.4 Å². The summed E-state index contributed by atoms with van der Waals surface area (Å²) in [7, 11) is 0. The molecule has 0 bridgehead atoms. The molecule has 43 heavy (non-hydrogen) atoms. The lowest BCUT2D eigenvalue weighted by Gasteiger charge is -2.27. The van der Waals surface area contributed by atoms with Crippen molar-refractivity contribution < 1.29 is 47.7 Å². The van der Waals surface area contributed by atoms with Crippen LogP contribution in [-0.4, -0.2) is 107 Å². The maximum atomic E-state index is 13.1. The number of unbranched alkanes of at least 4 members (excludes halogenated alkanes) is 2. The first kappa shape index (κ1) is 33.8. The molecule has 0 aromatic heterocycles. The SMILES string of the molecule is C#CCOCCOCCOCCOCCOCCCCCC(=O)Nc1cccc2c1C(=O)N(C1CCC(=O)NC1=O)C2=O. The van der Waals surface area contributed by atoms with Gasteiger partial charge in [0.25, 0.3) is 11.8 Å². The predicted octanol–water partition coefficient (Wildman–Crippen LogP) is 1.30. The van der Waals surface area contributed by atoms with Crippen molar-refractivity contribution in [3.63, 3.8) is 0 Å². The van der Waals surface area contributed by atoms with Gasteiger partial charge in [-0.05, 0) is 31.4 Å². The van der Waals surface area contributed by atoms with Crippen LogP contribution >= 0.6 is 0 Å². The quantitative estimate of drug-likeness (QED) is 0.120. The van der Waals surface area contributed by atoms with E-state index in [1.165, 1.54) is 6.07 Å². The van der Waals surface area contributed by atoms with E-state index >= 15 is 0 Å². The molecule has 2 aliphatic heterocycles. The van der Waals surface area contributed by atoms with Crippen LogP contribution in [0.5, 0.6) is 0 Å². The average molecular weight is 602 g/mol. The third kappa shape index (κ3) is 10.8. The van der Waals surface area contributed by atoms with E-state index in [2.05, 4.69) is 16.6 Å². The number of hydrogen-bond donors (Lipinski definition) is 2. The number of hydrogen-bond acceptors (Lipinski definition) is 10. The van der Waals surface area contributed by atoms with Gasteiger partial charge in [-0.25, -0.2) is 0 Å². The molecule has 1 unspecified atom stereocenters. The van der Waals surface area contributed by atoms with Crippen molar-refractivity contribution in [1.82, 2.24) is 10.2 Å². The van der Waals surface area contributed by atoms with Crippen molar-refractivity contribution in [2.45, 2.75) is 44.6 Å². The molecule has 2 aliphatic rings. The Morgan fingerprint density at radius 2 is 1.49 bits per heavy atom. The van der Waals surface area contributed by atoms with Crippen LogP contribution in [0.15, 0.2) is 18.2 Å². The zero-order valence-electron chi connectivity index (χ0n) is 24.2. The number of piperidine rings is 1. The number of fused-ring (bicyclic) bond motifs is 1. The molecule has 5 amide bonds. The molecule has 0 aliphatic carbocycles. The van der Waals surface area contributed by atoms with Gasteiger partial charge >= 0.3 is 0 Å². The molecule has 234 valence electrons. The fraction of sp³-hybridized carbons (Fsp3) is 0.567. The zero-order valence-corrected chi connectivity index (χ0v) is 24.2. The molecule has 0 saturated carbocycles. The summed E-state index contributed by atoms with van der Waals surface area (Å²) in [5.74, 6) is -0.316. The molecule has 1 aromatic carbocycles. The summed E-state index contributed by atoms with van der Waals surface area (Å²) in [6.07, 6.45) is 7.57. The molecule has 2 heterocycles. The van der Waals surface area contributed by atoms with Crippen molar-refractivity contribution >= 4 is 35.2 Å². The lowest BCUT2D eigenvalue weighted by Crippen LogP contribution is -2.54. The Hall–Kier alpha value is -3.67. The average Bonchev–Trinajstić information content (AvgIpc) is 3.24. The molecule has 1 aromatic rings. The monoisotopic (exact) mass is 601 g/mol. The van der Waals surface area contributed by atoms with Crippen LogP contribution in [0, 0.1) is 12.3 Å². The van der Waals surface area contributed by atoms with Gasteiger partial charge in [-0.1, -0.05) is 18.4 Å². The van der Waals surface area contributed by atoms with E-state index < -0.39 is 29.7 Å². The topological polar surface area (TPSA) is 159 Å². The molecule has 0 spiro atoms. The van der Waals surface area contributed by atoms with Gasteiger partial charge in [-0.2, -0.15) is 0 Å². The third-order valence-electron chi connectivity index (χ3n) is 6.61. The normalized spacial score (nSPS) is 16.3. The van der Waals surface area contributed by atoms with Crippen LogP contribution in [0.25, 0.3) is 0 Å². The van der Waals surface area contributed by atoms with Crippen LogP contribution < -0.4 is 10.6 Å². The Labute approximate surface area is 250 Å². The zero-order chi connectivity index (χ0) is 30.9. The minimum Gasteiger partial charge on any atom is -0.379 e. The Balaban J connectivity index is 1.22. The highest BCUT2D eigenvalue weighted by Gasteiger charge is 2.45. The van der Waals surface area contributed by atoms with Crippen molar-refractivity contribution in [3.8, 4) is 12.3 Å². The van der Waals surface area contributed by atoms with Crippen LogP contribution in [0.3, 0.4) is 0 Å². The molecule has 3 rings (SSSR count). The number of carbonyl (C=O) groups excluding carboxylic acids is 5. The first-order valence-corrected chi connectivity index (χ1v) is 14.4. The van der Waals surface area contributed by atoms with Crippen LogP contribution in [0.2, 0.25) is 0 Å².